The van der Waals surface area contributed by atoms with Crippen molar-refractivity contribution in [1.29, 1.82) is 0 Å². The standard InChI is InChI=1S/C21H28N2O4/c1-13-17(20(25)26-6)14(2)23-18(13)19(24)22-11-12-27-16-9-7-15(8-10-16)21(3,4)5/h7-10,23H,11-12H2,1-6H3,(H,22,24). The molecule has 6 heteroatoms. The zero-order chi connectivity index (χ0) is 20.2. The Morgan fingerprint density at radius 3 is 2.30 bits per heavy atom. The molecule has 0 saturated heterocycles. The van der Waals surface area contributed by atoms with Gasteiger partial charge >= 0.3 is 5.97 Å². The maximum absolute atomic E-state index is 12.4. The number of carbonyl (C=O) groups excluding carboxylic acids is 2. The second-order valence-corrected chi connectivity index (χ2v) is 7.50. The molecule has 0 fully saturated rings. The summed E-state index contributed by atoms with van der Waals surface area (Å²) in [4.78, 5) is 27.1. The summed E-state index contributed by atoms with van der Waals surface area (Å²) in [6.45, 7) is 10.6. The molecule has 2 aromatic rings. The first kappa shape index (κ1) is 20.6. The van der Waals surface area contributed by atoms with Crippen molar-refractivity contribution < 1.29 is 19.1 Å². The van der Waals surface area contributed by atoms with Gasteiger partial charge in [0.05, 0.1) is 19.2 Å². The molecular formula is C21H28N2O4. The van der Waals surface area contributed by atoms with E-state index in [4.69, 9.17) is 9.47 Å². The first-order chi connectivity index (χ1) is 12.6. The number of carbonyl (C=O) groups is 2. The van der Waals surface area contributed by atoms with E-state index in [1.165, 1.54) is 12.7 Å². The molecule has 0 saturated carbocycles. The minimum atomic E-state index is -0.456. The minimum Gasteiger partial charge on any atom is -0.492 e. The number of hydrogen-bond donors (Lipinski definition) is 2. The van der Waals surface area contributed by atoms with Gasteiger partial charge in [0.15, 0.2) is 0 Å². The lowest BCUT2D eigenvalue weighted by Gasteiger charge is -2.19. The van der Waals surface area contributed by atoms with E-state index in [0.717, 1.165) is 5.75 Å². The molecule has 0 unspecified atom stereocenters. The van der Waals surface area contributed by atoms with Gasteiger partial charge in [-0.2, -0.15) is 0 Å². The number of aromatic nitrogens is 1. The molecular weight excluding hydrogens is 344 g/mol. The summed E-state index contributed by atoms with van der Waals surface area (Å²) in [5, 5.41) is 2.80. The van der Waals surface area contributed by atoms with E-state index in [9.17, 15) is 9.59 Å². The van der Waals surface area contributed by atoms with Crippen LogP contribution in [0.15, 0.2) is 24.3 Å². The summed E-state index contributed by atoms with van der Waals surface area (Å²) >= 11 is 0. The lowest BCUT2D eigenvalue weighted by molar-refractivity contribution is 0.0599. The summed E-state index contributed by atoms with van der Waals surface area (Å²) in [6, 6.07) is 7.97. The average Bonchev–Trinajstić information content (AvgIpc) is 2.92. The number of H-pyrrole nitrogens is 1. The van der Waals surface area contributed by atoms with Crippen LogP contribution in [0.2, 0.25) is 0 Å². The fraction of sp³-hybridized carbons (Fsp3) is 0.429. The first-order valence-electron chi connectivity index (χ1n) is 8.94. The lowest BCUT2D eigenvalue weighted by Crippen LogP contribution is -2.29. The first-order valence-corrected chi connectivity index (χ1v) is 8.94. The predicted molar refractivity (Wildman–Crippen MR) is 105 cm³/mol. The Kier molecular flexibility index (Phi) is 6.31. The van der Waals surface area contributed by atoms with E-state index in [1.807, 2.05) is 24.3 Å². The second kappa shape index (κ2) is 8.29. The van der Waals surface area contributed by atoms with Crippen molar-refractivity contribution in [3.63, 3.8) is 0 Å². The molecule has 0 atom stereocenters. The number of esters is 1. The van der Waals surface area contributed by atoms with Crippen molar-refractivity contribution in [3.8, 4) is 5.75 Å². The molecule has 1 amide bonds. The SMILES string of the molecule is COC(=O)c1c(C)[nH]c(C(=O)NCCOc2ccc(C(C)(C)C)cc2)c1C. The Hall–Kier alpha value is -2.76. The molecule has 0 spiro atoms. The van der Waals surface area contributed by atoms with Crippen LogP contribution in [0.3, 0.4) is 0 Å². The molecule has 0 aliphatic carbocycles. The number of methoxy groups -OCH3 is 1. The zero-order valence-corrected chi connectivity index (χ0v) is 16.9. The Morgan fingerprint density at radius 2 is 1.74 bits per heavy atom. The van der Waals surface area contributed by atoms with Gasteiger partial charge in [0.2, 0.25) is 0 Å². The van der Waals surface area contributed by atoms with Crippen molar-refractivity contribution in [2.45, 2.75) is 40.0 Å². The van der Waals surface area contributed by atoms with E-state index < -0.39 is 5.97 Å². The Balaban J connectivity index is 1.89. The zero-order valence-electron chi connectivity index (χ0n) is 16.9. The van der Waals surface area contributed by atoms with Crippen LogP contribution in [0.5, 0.6) is 5.75 Å². The highest BCUT2D eigenvalue weighted by atomic mass is 16.5. The fourth-order valence-electron chi connectivity index (χ4n) is 2.86. The van der Waals surface area contributed by atoms with E-state index in [2.05, 4.69) is 31.1 Å². The van der Waals surface area contributed by atoms with E-state index >= 15 is 0 Å². The third kappa shape index (κ3) is 4.90. The van der Waals surface area contributed by atoms with Crippen LogP contribution in [0.25, 0.3) is 0 Å². The number of aryl methyl sites for hydroxylation is 1. The van der Waals surface area contributed by atoms with Gasteiger partial charge in [0.25, 0.3) is 5.91 Å². The number of ether oxygens (including phenoxy) is 2. The molecule has 2 N–H and O–H groups in total. The van der Waals surface area contributed by atoms with Crippen LogP contribution in [0, 0.1) is 13.8 Å². The van der Waals surface area contributed by atoms with E-state index in [1.54, 1.807) is 13.8 Å². The van der Waals surface area contributed by atoms with Crippen molar-refractivity contribution in [1.82, 2.24) is 10.3 Å². The molecule has 2 rings (SSSR count). The summed E-state index contributed by atoms with van der Waals surface area (Å²) in [7, 11) is 1.32. The highest BCUT2D eigenvalue weighted by Gasteiger charge is 2.22. The summed E-state index contributed by atoms with van der Waals surface area (Å²) in [6.07, 6.45) is 0. The third-order valence-electron chi connectivity index (χ3n) is 4.43. The van der Waals surface area contributed by atoms with Gasteiger partial charge in [0, 0.05) is 5.69 Å². The monoisotopic (exact) mass is 372 g/mol. The number of nitrogens with one attached hydrogen (secondary N) is 2. The molecule has 0 bridgehead atoms. The number of hydrogen-bond acceptors (Lipinski definition) is 4. The van der Waals surface area contributed by atoms with Gasteiger partial charge in [0.1, 0.15) is 18.1 Å². The van der Waals surface area contributed by atoms with Crippen LogP contribution in [0.4, 0.5) is 0 Å². The number of aromatic amines is 1. The fourth-order valence-corrected chi connectivity index (χ4v) is 2.86. The van der Waals surface area contributed by atoms with Crippen molar-refractivity contribution in [2.75, 3.05) is 20.3 Å². The molecule has 146 valence electrons. The molecule has 0 aliphatic heterocycles. The molecule has 1 heterocycles. The van der Waals surface area contributed by atoms with Gasteiger partial charge in [-0.05, 0) is 42.5 Å². The summed E-state index contributed by atoms with van der Waals surface area (Å²) in [5.41, 5.74) is 3.29. The molecule has 1 aromatic heterocycles. The lowest BCUT2D eigenvalue weighted by atomic mass is 9.87. The second-order valence-electron chi connectivity index (χ2n) is 7.50. The smallest absolute Gasteiger partial charge is 0.339 e. The van der Waals surface area contributed by atoms with Crippen LogP contribution in [0.1, 0.15) is 58.4 Å². The van der Waals surface area contributed by atoms with Crippen molar-refractivity contribution in [2.24, 2.45) is 0 Å². The van der Waals surface area contributed by atoms with Gasteiger partial charge < -0.3 is 19.8 Å². The Morgan fingerprint density at radius 1 is 1.11 bits per heavy atom. The van der Waals surface area contributed by atoms with Crippen LogP contribution in [-0.4, -0.2) is 37.1 Å². The number of benzene rings is 1. The van der Waals surface area contributed by atoms with Crippen molar-refractivity contribution >= 4 is 11.9 Å². The maximum atomic E-state index is 12.4. The highest BCUT2D eigenvalue weighted by molar-refractivity contribution is 6.00. The predicted octanol–water partition coefficient (Wildman–Crippen LogP) is 3.52. The maximum Gasteiger partial charge on any atom is 0.339 e. The van der Waals surface area contributed by atoms with Crippen LogP contribution >= 0.6 is 0 Å². The molecule has 1 aromatic carbocycles. The van der Waals surface area contributed by atoms with Crippen LogP contribution < -0.4 is 10.1 Å². The largest absolute Gasteiger partial charge is 0.492 e. The molecule has 0 radical (unpaired) electrons. The highest BCUT2D eigenvalue weighted by Crippen LogP contribution is 2.24. The van der Waals surface area contributed by atoms with Crippen molar-refractivity contribution in [3.05, 3.63) is 52.3 Å². The van der Waals surface area contributed by atoms with E-state index in [0.29, 0.717) is 35.7 Å². The topological polar surface area (TPSA) is 80.4 Å². The third-order valence-corrected chi connectivity index (χ3v) is 4.43. The normalized spacial score (nSPS) is 11.2. The van der Waals surface area contributed by atoms with Gasteiger partial charge in [-0.25, -0.2) is 4.79 Å². The number of amides is 1. The molecule has 6 nitrogen and oxygen atoms in total. The minimum absolute atomic E-state index is 0.0988. The summed E-state index contributed by atoms with van der Waals surface area (Å²) < 4.78 is 10.4. The average molecular weight is 372 g/mol. The quantitative estimate of drug-likeness (QED) is 0.600. The summed E-state index contributed by atoms with van der Waals surface area (Å²) in [5.74, 6) is 0.0249. The Labute approximate surface area is 160 Å². The van der Waals surface area contributed by atoms with Gasteiger partial charge in [-0.3, -0.25) is 4.79 Å². The molecule has 0 aliphatic rings. The van der Waals surface area contributed by atoms with Crippen LogP contribution in [-0.2, 0) is 10.2 Å². The Bertz CT molecular complexity index is 814. The number of rotatable bonds is 6. The molecule has 27 heavy (non-hydrogen) atoms. The van der Waals surface area contributed by atoms with Gasteiger partial charge in [-0.1, -0.05) is 32.9 Å². The van der Waals surface area contributed by atoms with E-state index in [-0.39, 0.29) is 11.3 Å². The van der Waals surface area contributed by atoms with Gasteiger partial charge in [-0.15, -0.1) is 0 Å².